The Morgan fingerprint density at radius 3 is 2.21 bits per heavy atom. The topological polar surface area (TPSA) is 17.1 Å². The Balaban J connectivity index is 1.50. The van der Waals surface area contributed by atoms with Gasteiger partial charge in [0.1, 0.15) is 5.82 Å². The molecular weight excluding hydrogens is 368 g/mol. The summed E-state index contributed by atoms with van der Waals surface area (Å²) in [6.45, 7) is 0. The molecule has 28 heavy (non-hydrogen) atoms. The van der Waals surface area contributed by atoms with Crippen LogP contribution < -0.4 is 0 Å². The Hall–Kier alpha value is -2.17. The van der Waals surface area contributed by atoms with Gasteiger partial charge in [-0.2, -0.15) is 13.2 Å². The fourth-order valence-corrected chi connectivity index (χ4v) is 4.04. The Morgan fingerprint density at radius 2 is 1.57 bits per heavy atom. The van der Waals surface area contributed by atoms with Crippen molar-refractivity contribution in [1.82, 2.24) is 0 Å². The lowest BCUT2D eigenvalue weighted by Crippen LogP contribution is -2.18. The molecule has 0 spiro atoms. The van der Waals surface area contributed by atoms with Gasteiger partial charge in [0.2, 0.25) is 0 Å². The third-order valence-electron chi connectivity index (χ3n) is 5.72. The first-order chi connectivity index (χ1) is 13.3. The van der Waals surface area contributed by atoms with Gasteiger partial charge in [-0.3, -0.25) is 4.79 Å². The van der Waals surface area contributed by atoms with E-state index in [0.29, 0.717) is 12.0 Å². The highest BCUT2D eigenvalue weighted by atomic mass is 19.4. The summed E-state index contributed by atoms with van der Waals surface area (Å²) in [7, 11) is 0. The van der Waals surface area contributed by atoms with E-state index in [0.717, 1.165) is 50.7 Å². The van der Waals surface area contributed by atoms with Gasteiger partial charge in [0.25, 0.3) is 0 Å². The molecule has 0 aromatic heterocycles. The highest BCUT2D eigenvalue weighted by Crippen LogP contribution is 2.35. The van der Waals surface area contributed by atoms with Crippen molar-refractivity contribution in [2.75, 3.05) is 0 Å². The number of hydrogen-bond donors (Lipinski definition) is 0. The smallest absolute Gasteiger partial charge is 0.294 e. The van der Waals surface area contributed by atoms with Gasteiger partial charge < -0.3 is 0 Å². The molecule has 1 aliphatic rings. The molecule has 0 amide bonds. The predicted molar refractivity (Wildman–Crippen MR) is 101 cm³/mol. The van der Waals surface area contributed by atoms with Crippen LogP contribution in [0, 0.1) is 17.7 Å². The molecule has 3 rings (SSSR count). The van der Waals surface area contributed by atoms with E-state index in [1.54, 1.807) is 0 Å². The Labute approximate surface area is 162 Å². The standard InChI is InChI=1S/C23H24F4O/c24-21-13-12-19(15-20(21)23(25,26)27)22(28)14-18-10-8-17(9-11-18)7-6-16-4-2-1-3-5-16/h1-5,12-13,15,17-18H,6-11,14H2. The number of aryl methyl sites for hydroxylation is 1. The number of hydrogen-bond acceptors (Lipinski definition) is 1. The summed E-state index contributed by atoms with van der Waals surface area (Å²) in [5, 5.41) is 0. The van der Waals surface area contributed by atoms with E-state index in [4.69, 9.17) is 0 Å². The molecular formula is C23H24F4O. The van der Waals surface area contributed by atoms with Crippen LogP contribution in [0.5, 0.6) is 0 Å². The molecule has 0 atom stereocenters. The van der Waals surface area contributed by atoms with Crippen molar-refractivity contribution in [2.24, 2.45) is 11.8 Å². The maximum absolute atomic E-state index is 13.4. The summed E-state index contributed by atoms with van der Waals surface area (Å²) in [6.07, 6.45) is 1.52. The van der Waals surface area contributed by atoms with Crippen molar-refractivity contribution >= 4 is 5.78 Å². The lowest BCUT2D eigenvalue weighted by molar-refractivity contribution is -0.140. The zero-order valence-electron chi connectivity index (χ0n) is 15.6. The summed E-state index contributed by atoms with van der Waals surface area (Å²) in [4.78, 5) is 12.4. The van der Waals surface area contributed by atoms with Crippen LogP contribution >= 0.6 is 0 Å². The number of ketones is 1. The molecule has 0 unspecified atom stereocenters. The number of carbonyl (C=O) groups excluding carboxylic acids is 1. The predicted octanol–water partition coefficient (Wildman–Crippen LogP) is 6.86. The van der Waals surface area contributed by atoms with Crippen LogP contribution in [-0.2, 0) is 12.6 Å². The Morgan fingerprint density at radius 1 is 0.929 bits per heavy atom. The van der Waals surface area contributed by atoms with E-state index in [9.17, 15) is 22.4 Å². The van der Waals surface area contributed by atoms with Gasteiger partial charge in [-0.05, 0) is 61.3 Å². The van der Waals surface area contributed by atoms with Crippen LogP contribution in [0.15, 0.2) is 48.5 Å². The van der Waals surface area contributed by atoms with Crippen molar-refractivity contribution in [1.29, 1.82) is 0 Å². The van der Waals surface area contributed by atoms with Crippen molar-refractivity contribution in [3.63, 3.8) is 0 Å². The first-order valence-electron chi connectivity index (χ1n) is 9.77. The van der Waals surface area contributed by atoms with E-state index in [1.165, 1.54) is 5.56 Å². The van der Waals surface area contributed by atoms with E-state index in [1.807, 2.05) is 18.2 Å². The molecule has 150 valence electrons. The zero-order chi connectivity index (χ0) is 20.1. The maximum Gasteiger partial charge on any atom is 0.419 e. The van der Waals surface area contributed by atoms with Gasteiger partial charge in [0.15, 0.2) is 5.78 Å². The average molecular weight is 392 g/mol. The molecule has 5 heteroatoms. The molecule has 0 radical (unpaired) electrons. The van der Waals surface area contributed by atoms with Crippen LogP contribution in [0.1, 0.15) is 60.0 Å². The third kappa shape index (κ3) is 5.43. The summed E-state index contributed by atoms with van der Waals surface area (Å²) in [6, 6.07) is 12.9. The van der Waals surface area contributed by atoms with E-state index in [-0.39, 0.29) is 23.7 Å². The van der Waals surface area contributed by atoms with Crippen molar-refractivity contribution < 1.29 is 22.4 Å². The molecule has 0 bridgehead atoms. The quantitative estimate of drug-likeness (QED) is 0.388. The highest BCUT2D eigenvalue weighted by molar-refractivity contribution is 5.96. The van der Waals surface area contributed by atoms with Crippen LogP contribution in [0.4, 0.5) is 17.6 Å². The first-order valence-corrected chi connectivity index (χ1v) is 9.77. The van der Waals surface area contributed by atoms with Crippen molar-refractivity contribution in [3.8, 4) is 0 Å². The summed E-state index contributed by atoms with van der Waals surface area (Å²) in [5.41, 5.74) is -0.0977. The zero-order valence-corrected chi connectivity index (χ0v) is 15.6. The summed E-state index contributed by atoms with van der Waals surface area (Å²) >= 11 is 0. The van der Waals surface area contributed by atoms with Gasteiger partial charge in [0.05, 0.1) is 5.56 Å². The molecule has 1 aliphatic carbocycles. The Kier molecular flexibility index (Phi) is 6.53. The SMILES string of the molecule is O=C(CC1CCC(CCc2ccccc2)CC1)c1ccc(F)c(C(F)(F)F)c1. The summed E-state index contributed by atoms with van der Waals surface area (Å²) < 4.78 is 51.9. The molecule has 0 N–H and O–H groups in total. The minimum Gasteiger partial charge on any atom is -0.294 e. The maximum atomic E-state index is 13.4. The van der Waals surface area contributed by atoms with Gasteiger partial charge in [-0.1, -0.05) is 43.2 Å². The second kappa shape index (κ2) is 8.89. The second-order valence-electron chi connectivity index (χ2n) is 7.73. The molecule has 1 nitrogen and oxygen atoms in total. The largest absolute Gasteiger partial charge is 0.419 e. The minimum atomic E-state index is -4.79. The van der Waals surface area contributed by atoms with E-state index < -0.39 is 17.6 Å². The third-order valence-corrected chi connectivity index (χ3v) is 5.72. The first kappa shape index (κ1) is 20.6. The Bertz CT molecular complexity index is 790. The van der Waals surface area contributed by atoms with Gasteiger partial charge in [0, 0.05) is 12.0 Å². The van der Waals surface area contributed by atoms with Gasteiger partial charge in [-0.15, -0.1) is 0 Å². The highest BCUT2D eigenvalue weighted by Gasteiger charge is 2.35. The number of halogens is 4. The second-order valence-corrected chi connectivity index (χ2v) is 7.73. The molecule has 0 saturated heterocycles. The number of carbonyl (C=O) groups is 1. The van der Waals surface area contributed by atoms with Crippen molar-refractivity contribution in [3.05, 3.63) is 71.0 Å². The van der Waals surface area contributed by atoms with Crippen molar-refractivity contribution in [2.45, 2.75) is 51.1 Å². The molecule has 1 fully saturated rings. The number of benzene rings is 2. The average Bonchev–Trinajstić information content (AvgIpc) is 2.67. The molecule has 0 heterocycles. The molecule has 0 aliphatic heterocycles. The van der Waals surface area contributed by atoms with Gasteiger partial charge >= 0.3 is 6.18 Å². The number of rotatable bonds is 6. The monoisotopic (exact) mass is 392 g/mol. The fraction of sp³-hybridized carbons (Fsp3) is 0.435. The van der Waals surface area contributed by atoms with Crippen LogP contribution in [0.25, 0.3) is 0 Å². The molecule has 2 aromatic carbocycles. The van der Waals surface area contributed by atoms with E-state index >= 15 is 0 Å². The van der Waals surface area contributed by atoms with Gasteiger partial charge in [-0.25, -0.2) is 4.39 Å². The minimum absolute atomic E-state index is 0.0556. The number of Topliss-reactive ketones (excluding diaryl/α,β-unsaturated/α-hetero) is 1. The van der Waals surface area contributed by atoms with Crippen LogP contribution in [-0.4, -0.2) is 5.78 Å². The van der Waals surface area contributed by atoms with Crippen LogP contribution in [0.2, 0.25) is 0 Å². The molecule has 2 aromatic rings. The lowest BCUT2D eigenvalue weighted by Gasteiger charge is -2.28. The normalized spacial score (nSPS) is 20.1. The number of alkyl halides is 3. The summed E-state index contributed by atoms with van der Waals surface area (Å²) in [5.74, 6) is -0.852. The molecule has 1 saturated carbocycles. The van der Waals surface area contributed by atoms with Crippen LogP contribution in [0.3, 0.4) is 0 Å². The van der Waals surface area contributed by atoms with E-state index in [2.05, 4.69) is 12.1 Å². The fourth-order valence-electron chi connectivity index (χ4n) is 4.04. The lowest BCUT2D eigenvalue weighted by atomic mass is 9.77.